The van der Waals surface area contributed by atoms with Crippen molar-refractivity contribution in [2.75, 3.05) is 6.54 Å². The first-order chi connectivity index (χ1) is 8.79. The van der Waals surface area contributed by atoms with Crippen LogP contribution in [0, 0.1) is 0 Å². The molecule has 0 fully saturated rings. The molecular formula is C16H17NS. The van der Waals surface area contributed by atoms with Crippen LogP contribution in [0.25, 0.3) is 20.2 Å². The second-order valence-electron chi connectivity index (χ2n) is 4.83. The fourth-order valence-electron chi connectivity index (χ4n) is 2.47. The lowest BCUT2D eigenvalue weighted by atomic mass is 9.96. The van der Waals surface area contributed by atoms with Crippen molar-refractivity contribution in [3.05, 3.63) is 48.0 Å². The van der Waals surface area contributed by atoms with Gasteiger partial charge in [0.05, 0.1) is 0 Å². The van der Waals surface area contributed by atoms with Gasteiger partial charge in [0, 0.05) is 20.2 Å². The highest BCUT2D eigenvalue weighted by molar-refractivity contribution is 7.25. The van der Waals surface area contributed by atoms with E-state index in [1.165, 1.54) is 25.7 Å². The summed E-state index contributed by atoms with van der Waals surface area (Å²) in [6, 6.07) is 15.5. The molecule has 1 aromatic heterocycles. The van der Waals surface area contributed by atoms with Crippen molar-refractivity contribution in [1.82, 2.24) is 0 Å². The molecule has 1 nitrogen and oxygen atoms in total. The molecule has 2 aromatic carbocycles. The summed E-state index contributed by atoms with van der Waals surface area (Å²) in [6.45, 7) is 3.01. The standard InChI is InChI=1S/C16H17NS/c1-11(8-9-17)12-6-7-16-14(10-12)13-4-2-3-5-15(13)18-16/h2-7,10-11H,8-9,17H2,1H3. The molecule has 1 heterocycles. The van der Waals surface area contributed by atoms with Crippen LogP contribution >= 0.6 is 11.3 Å². The highest BCUT2D eigenvalue weighted by Crippen LogP contribution is 2.35. The third-order valence-electron chi connectivity index (χ3n) is 3.57. The Balaban J connectivity index is 2.18. The lowest BCUT2D eigenvalue weighted by Crippen LogP contribution is -2.04. The number of thiophene rings is 1. The molecule has 1 unspecified atom stereocenters. The largest absolute Gasteiger partial charge is 0.330 e. The molecule has 3 aromatic rings. The molecule has 0 amide bonds. The maximum absolute atomic E-state index is 5.65. The molecule has 0 saturated carbocycles. The number of rotatable bonds is 3. The summed E-state index contributed by atoms with van der Waals surface area (Å²) in [5.41, 5.74) is 7.05. The third kappa shape index (κ3) is 1.92. The van der Waals surface area contributed by atoms with Crippen molar-refractivity contribution < 1.29 is 0 Å². The average molecular weight is 255 g/mol. The zero-order chi connectivity index (χ0) is 12.5. The van der Waals surface area contributed by atoms with Gasteiger partial charge in [0.2, 0.25) is 0 Å². The van der Waals surface area contributed by atoms with Crippen LogP contribution in [0.2, 0.25) is 0 Å². The van der Waals surface area contributed by atoms with Crippen LogP contribution in [0.4, 0.5) is 0 Å². The van der Waals surface area contributed by atoms with E-state index in [2.05, 4.69) is 49.4 Å². The normalized spacial score (nSPS) is 13.2. The Hall–Kier alpha value is -1.38. The van der Waals surface area contributed by atoms with Crippen molar-refractivity contribution in [3.63, 3.8) is 0 Å². The summed E-state index contributed by atoms with van der Waals surface area (Å²) in [5.74, 6) is 0.540. The Labute approximate surface area is 111 Å². The van der Waals surface area contributed by atoms with Crippen molar-refractivity contribution in [2.24, 2.45) is 5.73 Å². The molecule has 0 saturated heterocycles. The molecule has 0 bridgehead atoms. The molecule has 2 heteroatoms. The van der Waals surface area contributed by atoms with Gasteiger partial charge in [0.1, 0.15) is 0 Å². The number of hydrogen-bond acceptors (Lipinski definition) is 2. The summed E-state index contributed by atoms with van der Waals surface area (Å²) in [4.78, 5) is 0. The van der Waals surface area contributed by atoms with Crippen LogP contribution in [0.1, 0.15) is 24.8 Å². The molecular weight excluding hydrogens is 238 g/mol. The van der Waals surface area contributed by atoms with Gasteiger partial charge in [-0.05, 0) is 42.6 Å². The van der Waals surface area contributed by atoms with Crippen LogP contribution in [0.15, 0.2) is 42.5 Å². The van der Waals surface area contributed by atoms with E-state index in [1.54, 1.807) is 0 Å². The van der Waals surface area contributed by atoms with Gasteiger partial charge in [0.15, 0.2) is 0 Å². The van der Waals surface area contributed by atoms with Gasteiger partial charge in [-0.1, -0.05) is 31.2 Å². The minimum absolute atomic E-state index is 0.540. The Morgan fingerprint density at radius 3 is 2.67 bits per heavy atom. The van der Waals surface area contributed by atoms with Gasteiger partial charge in [-0.15, -0.1) is 11.3 Å². The summed E-state index contributed by atoms with van der Waals surface area (Å²) < 4.78 is 2.75. The van der Waals surface area contributed by atoms with E-state index < -0.39 is 0 Å². The van der Waals surface area contributed by atoms with Crippen molar-refractivity contribution >= 4 is 31.5 Å². The second-order valence-corrected chi connectivity index (χ2v) is 5.92. The van der Waals surface area contributed by atoms with Crippen LogP contribution in [-0.2, 0) is 0 Å². The highest BCUT2D eigenvalue weighted by Gasteiger charge is 2.08. The smallest absolute Gasteiger partial charge is 0.0355 e. The van der Waals surface area contributed by atoms with E-state index in [0.717, 1.165) is 13.0 Å². The fraction of sp³-hybridized carbons (Fsp3) is 0.250. The number of benzene rings is 2. The van der Waals surface area contributed by atoms with E-state index in [9.17, 15) is 0 Å². The first-order valence-corrected chi connectivity index (χ1v) is 7.22. The van der Waals surface area contributed by atoms with Gasteiger partial charge in [-0.25, -0.2) is 0 Å². The lowest BCUT2D eigenvalue weighted by molar-refractivity contribution is 0.691. The second kappa shape index (κ2) is 4.71. The lowest BCUT2D eigenvalue weighted by Gasteiger charge is -2.10. The van der Waals surface area contributed by atoms with Crippen LogP contribution in [0.5, 0.6) is 0 Å². The van der Waals surface area contributed by atoms with Crippen molar-refractivity contribution in [2.45, 2.75) is 19.3 Å². The van der Waals surface area contributed by atoms with E-state index in [0.29, 0.717) is 5.92 Å². The minimum Gasteiger partial charge on any atom is -0.330 e. The summed E-state index contributed by atoms with van der Waals surface area (Å²) in [7, 11) is 0. The molecule has 0 aliphatic heterocycles. The minimum atomic E-state index is 0.540. The van der Waals surface area contributed by atoms with Crippen molar-refractivity contribution in [1.29, 1.82) is 0 Å². The van der Waals surface area contributed by atoms with E-state index in [1.807, 2.05) is 11.3 Å². The maximum Gasteiger partial charge on any atom is 0.0355 e. The van der Waals surface area contributed by atoms with Gasteiger partial charge in [-0.3, -0.25) is 0 Å². The van der Waals surface area contributed by atoms with E-state index in [-0.39, 0.29) is 0 Å². The van der Waals surface area contributed by atoms with Gasteiger partial charge < -0.3 is 5.73 Å². The predicted octanol–water partition coefficient (Wildman–Crippen LogP) is 4.51. The molecule has 0 radical (unpaired) electrons. The first-order valence-electron chi connectivity index (χ1n) is 6.41. The molecule has 3 rings (SSSR count). The van der Waals surface area contributed by atoms with Gasteiger partial charge >= 0.3 is 0 Å². The molecule has 0 aliphatic carbocycles. The highest BCUT2D eigenvalue weighted by atomic mass is 32.1. The maximum atomic E-state index is 5.65. The quantitative estimate of drug-likeness (QED) is 0.732. The molecule has 0 spiro atoms. The number of fused-ring (bicyclic) bond motifs is 3. The van der Waals surface area contributed by atoms with Gasteiger partial charge in [-0.2, -0.15) is 0 Å². The zero-order valence-electron chi connectivity index (χ0n) is 10.5. The fourth-order valence-corrected chi connectivity index (χ4v) is 3.55. The SMILES string of the molecule is CC(CCN)c1ccc2sc3ccccc3c2c1. The summed E-state index contributed by atoms with van der Waals surface area (Å²) >= 11 is 1.87. The Morgan fingerprint density at radius 2 is 1.83 bits per heavy atom. The summed E-state index contributed by atoms with van der Waals surface area (Å²) in [5, 5.41) is 2.76. The Bertz CT molecular complexity index is 684. The summed E-state index contributed by atoms with van der Waals surface area (Å²) in [6.07, 6.45) is 1.05. The number of hydrogen-bond donors (Lipinski definition) is 1. The third-order valence-corrected chi connectivity index (χ3v) is 4.72. The van der Waals surface area contributed by atoms with E-state index >= 15 is 0 Å². The predicted molar refractivity (Wildman–Crippen MR) is 81.4 cm³/mol. The molecule has 2 N–H and O–H groups in total. The monoisotopic (exact) mass is 255 g/mol. The molecule has 92 valence electrons. The van der Waals surface area contributed by atoms with Crippen molar-refractivity contribution in [3.8, 4) is 0 Å². The van der Waals surface area contributed by atoms with Gasteiger partial charge in [0.25, 0.3) is 0 Å². The molecule has 1 atom stereocenters. The Kier molecular flexibility index (Phi) is 3.06. The van der Waals surface area contributed by atoms with Crippen LogP contribution in [-0.4, -0.2) is 6.54 Å². The van der Waals surface area contributed by atoms with Crippen LogP contribution < -0.4 is 5.73 Å². The van der Waals surface area contributed by atoms with E-state index in [4.69, 9.17) is 5.73 Å². The average Bonchev–Trinajstić information content (AvgIpc) is 2.76. The topological polar surface area (TPSA) is 26.0 Å². The molecule has 18 heavy (non-hydrogen) atoms. The zero-order valence-corrected chi connectivity index (χ0v) is 11.3. The van der Waals surface area contributed by atoms with Crippen LogP contribution in [0.3, 0.4) is 0 Å². The molecule has 0 aliphatic rings. The Morgan fingerprint density at radius 1 is 1.06 bits per heavy atom. The first kappa shape index (κ1) is 11.7. The number of nitrogens with two attached hydrogens (primary N) is 1.